The van der Waals surface area contributed by atoms with Crippen molar-refractivity contribution in [3.05, 3.63) is 38.6 Å². The molecule has 3 aromatic heterocycles. The molecule has 0 saturated heterocycles. The number of carbonyl (C=O) groups excluding carboxylic acids is 1. The van der Waals surface area contributed by atoms with Crippen LogP contribution >= 0.6 is 22.7 Å². The molecule has 0 bridgehead atoms. The number of nitrogens with one attached hydrogen (secondary N) is 1. The molecule has 3 heterocycles. The Hall–Kier alpha value is -2.33. The quantitative estimate of drug-likeness (QED) is 0.772. The maximum atomic E-state index is 12.1. The number of anilines is 1. The molecule has 22 heavy (non-hydrogen) atoms. The average molecular weight is 336 g/mol. The predicted octanol–water partition coefficient (Wildman–Crippen LogP) is 1.20. The summed E-state index contributed by atoms with van der Waals surface area (Å²) in [5, 5.41) is 13.2. The van der Waals surface area contributed by atoms with Crippen LogP contribution in [-0.4, -0.2) is 30.7 Å². The molecule has 8 nitrogen and oxygen atoms in total. The molecule has 0 aliphatic rings. The first-order valence-corrected chi connectivity index (χ1v) is 8.05. The smallest absolute Gasteiger partial charge is 0.300 e. The zero-order valence-electron chi connectivity index (χ0n) is 11.8. The number of rotatable bonds is 4. The fourth-order valence-corrected chi connectivity index (χ4v) is 3.22. The second kappa shape index (κ2) is 5.81. The summed E-state index contributed by atoms with van der Waals surface area (Å²) >= 11 is 2.76. The highest BCUT2D eigenvalue weighted by Gasteiger charge is 2.14. The van der Waals surface area contributed by atoms with E-state index in [0.29, 0.717) is 10.1 Å². The van der Waals surface area contributed by atoms with Gasteiger partial charge in [-0.1, -0.05) is 0 Å². The Kier molecular flexibility index (Phi) is 3.86. The van der Waals surface area contributed by atoms with Gasteiger partial charge in [0, 0.05) is 4.88 Å². The maximum Gasteiger partial charge on any atom is 0.369 e. The molecule has 1 amide bonds. The monoisotopic (exact) mass is 336 g/mol. The standard InChI is InChI=1S/C12H12N6O2S2/c1-7-8(2)22-11(13-7)14-9(19)6-17-12(20)18(16-15-17)10-4-3-5-21-10/h3-5H,6H2,1-2H3,(H,13,14,19). The lowest BCUT2D eigenvalue weighted by molar-refractivity contribution is -0.117. The first-order chi connectivity index (χ1) is 10.5. The van der Waals surface area contributed by atoms with Gasteiger partial charge in [-0.25, -0.2) is 9.78 Å². The lowest BCUT2D eigenvalue weighted by Gasteiger charge is -1.99. The van der Waals surface area contributed by atoms with Crippen LogP contribution in [0.2, 0.25) is 0 Å². The zero-order valence-corrected chi connectivity index (χ0v) is 13.4. The van der Waals surface area contributed by atoms with E-state index in [-0.39, 0.29) is 12.5 Å². The molecule has 3 rings (SSSR count). The number of hydrogen-bond donors (Lipinski definition) is 1. The summed E-state index contributed by atoms with van der Waals surface area (Å²) in [7, 11) is 0. The number of amides is 1. The Bertz CT molecular complexity index is 841. The summed E-state index contributed by atoms with van der Waals surface area (Å²) in [6.45, 7) is 3.60. The SMILES string of the molecule is Cc1nc(NC(=O)Cn2nnn(-c3cccs3)c2=O)sc1C. The van der Waals surface area contributed by atoms with Crippen molar-refractivity contribution >= 4 is 33.7 Å². The molecule has 114 valence electrons. The summed E-state index contributed by atoms with van der Waals surface area (Å²) in [4.78, 5) is 29.4. The van der Waals surface area contributed by atoms with Crippen molar-refractivity contribution in [3.8, 4) is 5.00 Å². The molecule has 10 heteroatoms. The van der Waals surface area contributed by atoms with Crippen LogP contribution in [0, 0.1) is 13.8 Å². The van der Waals surface area contributed by atoms with Gasteiger partial charge in [-0.2, -0.15) is 9.36 Å². The Morgan fingerprint density at radius 1 is 1.36 bits per heavy atom. The van der Waals surface area contributed by atoms with E-state index in [0.717, 1.165) is 19.9 Å². The fraction of sp³-hybridized carbons (Fsp3) is 0.250. The topological polar surface area (TPSA) is 94.7 Å². The van der Waals surface area contributed by atoms with E-state index in [1.165, 1.54) is 22.7 Å². The van der Waals surface area contributed by atoms with Gasteiger partial charge in [-0.05, 0) is 41.8 Å². The van der Waals surface area contributed by atoms with Gasteiger partial charge in [0.05, 0.1) is 5.69 Å². The van der Waals surface area contributed by atoms with Gasteiger partial charge >= 0.3 is 5.69 Å². The van der Waals surface area contributed by atoms with Crippen LogP contribution in [0.15, 0.2) is 22.3 Å². The third-order valence-electron chi connectivity index (χ3n) is 2.92. The van der Waals surface area contributed by atoms with Crippen molar-refractivity contribution in [2.45, 2.75) is 20.4 Å². The summed E-state index contributed by atoms with van der Waals surface area (Å²) in [6, 6.07) is 3.57. The van der Waals surface area contributed by atoms with Gasteiger partial charge in [0.1, 0.15) is 11.5 Å². The maximum absolute atomic E-state index is 12.1. The van der Waals surface area contributed by atoms with E-state index in [9.17, 15) is 9.59 Å². The van der Waals surface area contributed by atoms with Gasteiger partial charge in [-0.3, -0.25) is 4.79 Å². The van der Waals surface area contributed by atoms with Crippen LogP contribution in [0.1, 0.15) is 10.6 Å². The largest absolute Gasteiger partial charge is 0.369 e. The van der Waals surface area contributed by atoms with Crippen LogP contribution in [-0.2, 0) is 11.3 Å². The molecule has 1 N–H and O–H groups in total. The zero-order chi connectivity index (χ0) is 15.7. The van der Waals surface area contributed by atoms with Gasteiger partial charge in [-0.15, -0.1) is 22.7 Å². The van der Waals surface area contributed by atoms with Gasteiger partial charge in [0.2, 0.25) is 5.91 Å². The highest BCUT2D eigenvalue weighted by atomic mass is 32.1. The van der Waals surface area contributed by atoms with E-state index in [1.54, 1.807) is 6.07 Å². The third-order valence-corrected chi connectivity index (χ3v) is 4.75. The minimum Gasteiger partial charge on any atom is -0.300 e. The first kappa shape index (κ1) is 14.6. The Morgan fingerprint density at radius 3 is 2.82 bits per heavy atom. The van der Waals surface area contributed by atoms with Crippen molar-refractivity contribution in [2.75, 3.05) is 5.32 Å². The molecule has 0 saturated carbocycles. The van der Waals surface area contributed by atoms with Crippen LogP contribution in [0.4, 0.5) is 5.13 Å². The van der Waals surface area contributed by atoms with Gasteiger partial charge in [0.25, 0.3) is 0 Å². The lowest BCUT2D eigenvalue weighted by atomic mass is 10.4. The lowest BCUT2D eigenvalue weighted by Crippen LogP contribution is -2.29. The number of aromatic nitrogens is 5. The first-order valence-electron chi connectivity index (χ1n) is 6.35. The van der Waals surface area contributed by atoms with Crippen molar-refractivity contribution in [2.24, 2.45) is 0 Å². The summed E-state index contributed by atoms with van der Waals surface area (Å²) in [5.41, 5.74) is 0.421. The van der Waals surface area contributed by atoms with E-state index in [2.05, 4.69) is 20.7 Å². The Morgan fingerprint density at radius 2 is 2.18 bits per heavy atom. The van der Waals surface area contributed by atoms with E-state index < -0.39 is 5.69 Å². The van der Waals surface area contributed by atoms with Gasteiger partial charge < -0.3 is 5.32 Å². The second-order valence-corrected chi connectivity index (χ2v) is 6.62. The molecule has 0 aliphatic carbocycles. The average Bonchev–Trinajstić information content (AvgIpc) is 3.15. The highest BCUT2D eigenvalue weighted by molar-refractivity contribution is 7.15. The molecular formula is C12H12N6O2S2. The number of aryl methyl sites for hydroxylation is 2. The summed E-state index contributed by atoms with van der Waals surface area (Å²) < 4.78 is 2.18. The Labute approximate surface area is 133 Å². The van der Waals surface area contributed by atoms with Crippen LogP contribution in [0.3, 0.4) is 0 Å². The second-order valence-electron chi connectivity index (χ2n) is 4.49. The molecule has 0 atom stereocenters. The highest BCUT2D eigenvalue weighted by Crippen LogP contribution is 2.20. The molecular weight excluding hydrogens is 324 g/mol. The van der Waals surface area contributed by atoms with Crippen molar-refractivity contribution in [1.29, 1.82) is 0 Å². The minimum atomic E-state index is -0.455. The van der Waals surface area contributed by atoms with E-state index in [4.69, 9.17) is 0 Å². The number of tetrazole rings is 1. The van der Waals surface area contributed by atoms with Crippen molar-refractivity contribution in [3.63, 3.8) is 0 Å². The van der Waals surface area contributed by atoms with Crippen LogP contribution in [0.5, 0.6) is 0 Å². The number of carbonyl (C=O) groups is 1. The molecule has 0 unspecified atom stereocenters. The van der Waals surface area contributed by atoms with E-state index in [1.807, 2.05) is 25.3 Å². The predicted molar refractivity (Wildman–Crippen MR) is 83.7 cm³/mol. The van der Waals surface area contributed by atoms with Crippen LogP contribution in [0.25, 0.3) is 5.00 Å². The van der Waals surface area contributed by atoms with Crippen LogP contribution < -0.4 is 11.0 Å². The molecule has 0 fully saturated rings. The molecule has 0 aromatic carbocycles. The van der Waals surface area contributed by atoms with Crippen molar-refractivity contribution < 1.29 is 4.79 Å². The fourth-order valence-electron chi connectivity index (χ4n) is 1.72. The van der Waals surface area contributed by atoms with Gasteiger partial charge in [0.15, 0.2) is 5.13 Å². The minimum absolute atomic E-state index is 0.206. The number of nitrogens with zero attached hydrogens (tertiary/aromatic N) is 5. The third kappa shape index (κ3) is 2.83. The molecule has 0 spiro atoms. The Balaban J connectivity index is 1.73. The molecule has 3 aromatic rings. The normalized spacial score (nSPS) is 10.8. The molecule has 0 radical (unpaired) electrons. The van der Waals surface area contributed by atoms with Crippen molar-refractivity contribution in [1.82, 2.24) is 24.8 Å². The number of thiazole rings is 1. The van der Waals surface area contributed by atoms with E-state index >= 15 is 0 Å². The summed E-state index contributed by atoms with van der Waals surface area (Å²) in [6.07, 6.45) is 0. The number of hydrogen-bond acceptors (Lipinski definition) is 7. The summed E-state index contributed by atoms with van der Waals surface area (Å²) in [5.74, 6) is -0.367. The molecule has 0 aliphatic heterocycles. The number of thiophene rings is 1.